The second kappa shape index (κ2) is 2.70. The quantitative estimate of drug-likeness (QED) is 0.639. The van der Waals surface area contributed by atoms with Gasteiger partial charge in [0.2, 0.25) is 0 Å². The number of carbonyl (C=O) groups excluding carboxylic acids is 1. The van der Waals surface area contributed by atoms with Crippen molar-refractivity contribution < 1.29 is 4.79 Å². The lowest BCUT2D eigenvalue weighted by Crippen LogP contribution is -2.41. The summed E-state index contributed by atoms with van der Waals surface area (Å²) in [5.41, 5.74) is 5.30. The maximum atomic E-state index is 11.2. The fourth-order valence-electron chi connectivity index (χ4n) is 1.65. The average molecular weight is 141 g/mol. The number of Topliss-reactive ketones (excluding diaryl/α,β-unsaturated/α-hetero) is 1. The molecule has 1 fully saturated rings. The SMILES string of the molecule is CCC1(C(=O)CN)CCC1. The molecule has 0 aromatic heterocycles. The standard InChI is InChI=1S/C8H15NO/c1-2-8(4-3-5-8)7(10)6-9/h2-6,9H2,1H3. The highest BCUT2D eigenvalue weighted by molar-refractivity contribution is 5.87. The van der Waals surface area contributed by atoms with Crippen molar-refractivity contribution in [3.05, 3.63) is 0 Å². The molecule has 0 aliphatic heterocycles. The van der Waals surface area contributed by atoms with Crippen LogP contribution in [0.2, 0.25) is 0 Å². The molecule has 1 aliphatic rings. The molecule has 0 aromatic carbocycles. The van der Waals surface area contributed by atoms with E-state index in [9.17, 15) is 4.79 Å². The Labute approximate surface area is 61.8 Å². The third-order valence-corrected chi connectivity index (χ3v) is 2.76. The van der Waals surface area contributed by atoms with E-state index in [4.69, 9.17) is 5.73 Å². The Kier molecular flexibility index (Phi) is 2.09. The van der Waals surface area contributed by atoms with Gasteiger partial charge in [0, 0.05) is 5.41 Å². The Morgan fingerprint density at radius 3 is 2.30 bits per heavy atom. The minimum atomic E-state index is 0.00868. The summed E-state index contributed by atoms with van der Waals surface area (Å²) in [6.07, 6.45) is 4.32. The molecule has 2 nitrogen and oxygen atoms in total. The Balaban J connectivity index is 2.55. The second-order valence-corrected chi connectivity index (χ2v) is 3.11. The zero-order chi connectivity index (χ0) is 7.61. The lowest BCUT2D eigenvalue weighted by molar-refractivity contribution is -0.132. The minimum Gasteiger partial charge on any atom is -0.324 e. The molecule has 10 heavy (non-hydrogen) atoms. The van der Waals surface area contributed by atoms with E-state index in [0.29, 0.717) is 0 Å². The highest BCUT2D eigenvalue weighted by Gasteiger charge is 2.40. The predicted octanol–water partition coefficient (Wildman–Crippen LogP) is 1.09. The highest BCUT2D eigenvalue weighted by atomic mass is 16.1. The summed E-state index contributed by atoms with van der Waals surface area (Å²) >= 11 is 0. The number of carbonyl (C=O) groups is 1. The molecule has 1 saturated carbocycles. The van der Waals surface area contributed by atoms with Crippen molar-refractivity contribution in [3.8, 4) is 0 Å². The number of hydrogen-bond acceptors (Lipinski definition) is 2. The maximum absolute atomic E-state index is 11.2. The molecule has 1 aliphatic carbocycles. The van der Waals surface area contributed by atoms with Crippen LogP contribution in [-0.2, 0) is 4.79 Å². The van der Waals surface area contributed by atoms with Gasteiger partial charge in [-0.05, 0) is 19.3 Å². The Morgan fingerprint density at radius 1 is 1.60 bits per heavy atom. The van der Waals surface area contributed by atoms with Crippen LogP contribution in [0.3, 0.4) is 0 Å². The number of rotatable bonds is 3. The van der Waals surface area contributed by atoms with Gasteiger partial charge in [-0.1, -0.05) is 13.3 Å². The van der Waals surface area contributed by atoms with Gasteiger partial charge < -0.3 is 5.73 Å². The van der Waals surface area contributed by atoms with Crippen LogP contribution >= 0.6 is 0 Å². The van der Waals surface area contributed by atoms with Crippen molar-refractivity contribution >= 4 is 5.78 Å². The van der Waals surface area contributed by atoms with Gasteiger partial charge in [0.25, 0.3) is 0 Å². The van der Waals surface area contributed by atoms with Gasteiger partial charge in [-0.2, -0.15) is 0 Å². The topological polar surface area (TPSA) is 43.1 Å². The fourth-order valence-corrected chi connectivity index (χ4v) is 1.65. The van der Waals surface area contributed by atoms with Gasteiger partial charge >= 0.3 is 0 Å². The molecule has 2 N–H and O–H groups in total. The molecule has 0 atom stereocenters. The average Bonchev–Trinajstić information content (AvgIpc) is 1.86. The number of hydrogen-bond donors (Lipinski definition) is 1. The van der Waals surface area contributed by atoms with Gasteiger partial charge in [0.05, 0.1) is 6.54 Å². The summed E-state index contributed by atoms with van der Waals surface area (Å²) in [6.45, 7) is 2.31. The Morgan fingerprint density at radius 2 is 2.20 bits per heavy atom. The van der Waals surface area contributed by atoms with E-state index in [0.717, 1.165) is 19.3 Å². The van der Waals surface area contributed by atoms with Crippen molar-refractivity contribution in [2.75, 3.05) is 6.54 Å². The Bertz CT molecular complexity index is 133. The van der Waals surface area contributed by atoms with Crippen molar-refractivity contribution in [3.63, 3.8) is 0 Å². The molecule has 0 spiro atoms. The van der Waals surface area contributed by atoms with Crippen molar-refractivity contribution in [2.45, 2.75) is 32.6 Å². The summed E-state index contributed by atoms with van der Waals surface area (Å²) in [5.74, 6) is 0.265. The van der Waals surface area contributed by atoms with Crippen LogP contribution < -0.4 is 5.73 Å². The molecule has 0 unspecified atom stereocenters. The lowest BCUT2D eigenvalue weighted by Gasteiger charge is -2.39. The molecule has 0 aromatic rings. The van der Waals surface area contributed by atoms with E-state index in [1.54, 1.807) is 0 Å². The van der Waals surface area contributed by atoms with Gasteiger partial charge in [-0.3, -0.25) is 4.79 Å². The first-order chi connectivity index (χ1) is 4.75. The molecule has 0 bridgehead atoms. The van der Waals surface area contributed by atoms with Gasteiger partial charge in [-0.25, -0.2) is 0 Å². The normalized spacial score (nSPS) is 21.8. The largest absolute Gasteiger partial charge is 0.324 e. The van der Waals surface area contributed by atoms with Gasteiger partial charge in [-0.15, -0.1) is 0 Å². The van der Waals surface area contributed by atoms with Crippen LogP contribution in [-0.4, -0.2) is 12.3 Å². The van der Waals surface area contributed by atoms with E-state index < -0.39 is 0 Å². The maximum Gasteiger partial charge on any atom is 0.152 e. The van der Waals surface area contributed by atoms with E-state index in [1.165, 1.54) is 6.42 Å². The fraction of sp³-hybridized carbons (Fsp3) is 0.875. The third-order valence-electron chi connectivity index (χ3n) is 2.76. The van der Waals surface area contributed by atoms with Crippen LogP contribution in [0.1, 0.15) is 32.6 Å². The molecular weight excluding hydrogens is 126 g/mol. The molecule has 0 radical (unpaired) electrons. The van der Waals surface area contributed by atoms with E-state index in [2.05, 4.69) is 6.92 Å². The minimum absolute atomic E-state index is 0.00868. The summed E-state index contributed by atoms with van der Waals surface area (Å²) in [5, 5.41) is 0. The summed E-state index contributed by atoms with van der Waals surface area (Å²) in [6, 6.07) is 0. The molecule has 1 rings (SSSR count). The smallest absolute Gasteiger partial charge is 0.152 e. The van der Waals surface area contributed by atoms with E-state index in [1.807, 2.05) is 0 Å². The first-order valence-corrected chi connectivity index (χ1v) is 3.98. The van der Waals surface area contributed by atoms with Crippen molar-refractivity contribution in [2.24, 2.45) is 11.1 Å². The molecule has 0 heterocycles. The van der Waals surface area contributed by atoms with Crippen LogP contribution in [0.15, 0.2) is 0 Å². The molecular formula is C8H15NO. The van der Waals surface area contributed by atoms with Crippen LogP contribution in [0.5, 0.6) is 0 Å². The van der Waals surface area contributed by atoms with Crippen LogP contribution in [0.25, 0.3) is 0 Å². The first kappa shape index (κ1) is 7.73. The highest BCUT2D eigenvalue weighted by Crippen LogP contribution is 2.44. The van der Waals surface area contributed by atoms with Gasteiger partial charge in [0.1, 0.15) is 0 Å². The molecule has 0 saturated heterocycles. The van der Waals surface area contributed by atoms with Gasteiger partial charge in [0.15, 0.2) is 5.78 Å². The molecule has 2 heteroatoms. The monoisotopic (exact) mass is 141 g/mol. The predicted molar refractivity (Wildman–Crippen MR) is 40.6 cm³/mol. The van der Waals surface area contributed by atoms with Crippen LogP contribution in [0, 0.1) is 5.41 Å². The van der Waals surface area contributed by atoms with Crippen molar-refractivity contribution in [1.82, 2.24) is 0 Å². The zero-order valence-electron chi connectivity index (χ0n) is 6.52. The van der Waals surface area contributed by atoms with Crippen molar-refractivity contribution in [1.29, 1.82) is 0 Å². The second-order valence-electron chi connectivity index (χ2n) is 3.11. The summed E-state index contributed by atoms with van der Waals surface area (Å²) < 4.78 is 0. The summed E-state index contributed by atoms with van der Waals surface area (Å²) in [4.78, 5) is 11.2. The number of ketones is 1. The zero-order valence-corrected chi connectivity index (χ0v) is 6.52. The summed E-state index contributed by atoms with van der Waals surface area (Å²) in [7, 11) is 0. The molecule has 58 valence electrons. The number of nitrogens with two attached hydrogens (primary N) is 1. The van der Waals surface area contributed by atoms with Crippen LogP contribution in [0.4, 0.5) is 0 Å². The molecule has 0 amide bonds. The van der Waals surface area contributed by atoms with E-state index >= 15 is 0 Å². The third kappa shape index (κ3) is 0.966. The Hall–Kier alpha value is -0.370. The first-order valence-electron chi connectivity index (χ1n) is 3.98. The lowest BCUT2D eigenvalue weighted by atomic mass is 9.64. The van der Waals surface area contributed by atoms with E-state index in [-0.39, 0.29) is 17.7 Å².